The van der Waals surface area contributed by atoms with E-state index < -0.39 is 39.5 Å². The minimum absolute atomic E-state index is 0.284. The Hall–Kier alpha value is -2.97. The fraction of sp³-hybridized carbons (Fsp3) is 0. The molecule has 0 unspecified atom stereocenters. The number of hydrogen-bond donors (Lipinski definition) is 1. The fourth-order valence-corrected chi connectivity index (χ4v) is 1.52. The third-order valence-corrected chi connectivity index (χ3v) is 2.50. The van der Waals surface area contributed by atoms with E-state index in [4.69, 9.17) is 0 Å². The average Bonchev–Trinajstić information content (AvgIpc) is 2.43. The molecule has 1 aromatic heterocycles. The number of pyridine rings is 1. The molecule has 0 saturated carbocycles. The van der Waals surface area contributed by atoms with Gasteiger partial charge < -0.3 is 5.32 Å². The van der Waals surface area contributed by atoms with Crippen molar-refractivity contribution in [3.63, 3.8) is 0 Å². The molecule has 0 aliphatic heterocycles. The van der Waals surface area contributed by atoms with Crippen molar-refractivity contribution in [2.45, 2.75) is 0 Å². The summed E-state index contributed by atoms with van der Waals surface area (Å²) >= 11 is 0. The summed E-state index contributed by atoms with van der Waals surface area (Å²) in [5.41, 5.74) is -2.17. The highest BCUT2D eigenvalue weighted by Crippen LogP contribution is 2.22. The van der Waals surface area contributed by atoms with Gasteiger partial charge in [-0.05, 0) is 12.1 Å². The van der Waals surface area contributed by atoms with Gasteiger partial charge in [0.15, 0.2) is 5.82 Å². The zero-order valence-electron chi connectivity index (χ0n) is 10.1. The van der Waals surface area contributed by atoms with Gasteiger partial charge in [-0.2, -0.15) is 4.39 Å². The van der Waals surface area contributed by atoms with E-state index in [1.807, 2.05) is 5.32 Å². The minimum Gasteiger partial charge on any atom is -0.319 e. The van der Waals surface area contributed by atoms with Crippen LogP contribution in [0.4, 0.5) is 24.5 Å². The van der Waals surface area contributed by atoms with Crippen LogP contribution in [0.25, 0.3) is 0 Å². The highest BCUT2D eigenvalue weighted by molar-refractivity contribution is 6.04. The molecule has 1 N–H and O–H groups in total. The van der Waals surface area contributed by atoms with E-state index in [2.05, 4.69) is 4.98 Å². The maximum absolute atomic E-state index is 13.6. The predicted octanol–water partition coefficient (Wildman–Crippen LogP) is 2.66. The Kier molecular flexibility index (Phi) is 3.83. The van der Waals surface area contributed by atoms with Crippen LogP contribution in [0.15, 0.2) is 30.6 Å². The van der Waals surface area contributed by atoms with Crippen LogP contribution in [-0.2, 0) is 0 Å². The van der Waals surface area contributed by atoms with Crippen molar-refractivity contribution in [2.75, 3.05) is 5.32 Å². The summed E-state index contributed by atoms with van der Waals surface area (Å²) in [7, 11) is 0. The molecule has 0 atom stereocenters. The summed E-state index contributed by atoms with van der Waals surface area (Å²) in [6, 6.07) is 1.78. The topological polar surface area (TPSA) is 85.1 Å². The van der Waals surface area contributed by atoms with Gasteiger partial charge in [-0.1, -0.05) is 0 Å². The standard InChI is InChI=1S/C12H6F3N3O3/c13-7-4-11(18(20)21)8(14)3-6(7)12(19)17-10-1-2-16-5-9(10)15/h1-5H,(H,16,17,19). The molecule has 1 amide bonds. The maximum atomic E-state index is 13.6. The Morgan fingerprint density at radius 1 is 1.19 bits per heavy atom. The van der Waals surface area contributed by atoms with Crippen molar-refractivity contribution in [3.05, 3.63) is 63.7 Å². The lowest BCUT2D eigenvalue weighted by molar-refractivity contribution is -0.387. The number of nitro benzene ring substituents is 1. The van der Waals surface area contributed by atoms with Gasteiger partial charge in [-0.3, -0.25) is 19.9 Å². The second kappa shape index (κ2) is 5.57. The van der Waals surface area contributed by atoms with E-state index in [0.717, 1.165) is 12.3 Å². The van der Waals surface area contributed by atoms with Crippen molar-refractivity contribution in [3.8, 4) is 0 Å². The first kappa shape index (κ1) is 14.4. The van der Waals surface area contributed by atoms with Gasteiger partial charge in [0.2, 0.25) is 5.82 Å². The number of benzene rings is 1. The first-order chi connectivity index (χ1) is 9.90. The van der Waals surface area contributed by atoms with Crippen LogP contribution in [0.2, 0.25) is 0 Å². The monoisotopic (exact) mass is 297 g/mol. The molecular formula is C12H6F3N3O3. The normalized spacial score (nSPS) is 10.2. The van der Waals surface area contributed by atoms with Gasteiger partial charge >= 0.3 is 5.69 Å². The Morgan fingerprint density at radius 3 is 2.52 bits per heavy atom. The number of hydrogen-bond acceptors (Lipinski definition) is 4. The van der Waals surface area contributed by atoms with Crippen LogP contribution in [0.5, 0.6) is 0 Å². The van der Waals surface area contributed by atoms with E-state index in [9.17, 15) is 28.1 Å². The molecular weight excluding hydrogens is 291 g/mol. The molecule has 9 heteroatoms. The highest BCUT2D eigenvalue weighted by atomic mass is 19.1. The van der Waals surface area contributed by atoms with E-state index in [1.54, 1.807) is 0 Å². The highest BCUT2D eigenvalue weighted by Gasteiger charge is 2.22. The molecule has 108 valence electrons. The molecule has 0 fully saturated rings. The fourth-order valence-electron chi connectivity index (χ4n) is 1.52. The first-order valence-corrected chi connectivity index (χ1v) is 5.44. The summed E-state index contributed by atoms with van der Waals surface area (Å²) in [4.78, 5) is 24.5. The molecule has 0 saturated heterocycles. The third kappa shape index (κ3) is 2.96. The number of anilines is 1. The lowest BCUT2D eigenvalue weighted by Crippen LogP contribution is -2.15. The Balaban J connectivity index is 2.34. The average molecular weight is 297 g/mol. The van der Waals surface area contributed by atoms with Crippen LogP contribution in [-0.4, -0.2) is 15.8 Å². The summed E-state index contributed by atoms with van der Waals surface area (Å²) in [6.45, 7) is 0. The Bertz CT molecular complexity index is 737. The lowest BCUT2D eigenvalue weighted by atomic mass is 10.1. The number of nitrogens with one attached hydrogen (secondary N) is 1. The number of nitro groups is 1. The zero-order valence-corrected chi connectivity index (χ0v) is 10.1. The van der Waals surface area contributed by atoms with E-state index in [-0.39, 0.29) is 11.8 Å². The lowest BCUT2D eigenvalue weighted by Gasteiger charge is -2.07. The number of carbonyl (C=O) groups excluding carboxylic acids is 1. The SMILES string of the molecule is O=C(Nc1ccncc1F)c1cc(F)c([N+](=O)[O-])cc1F. The number of nitrogens with zero attached hydrogens (tertiary/aromatic N) is 2. The van der Waals surface area contributed by atoms with Crippen molar-refractivity contribution in [1.29, 1.82) is 0 Å². The Labute approximate surface area is 115 Å². The largest absolute Gasteiger partial charge is 0.319 e. The van der Waals surface area contributed by atoms with Gasteiger partial charge in [0.1, 0.15) is 5.82 Å². The quantitative estimate of drug-likeness (QED) is 0.697. The minimum atomic E-state index is -1.37. The zero-order chi connectivity index (χ0) is 15.6. The number of amides is 1. The molecule has 6 nitrogen and oxygen atoms in total. The molecule has 21 heavy (non-hydrogen) atoms. The van der Waals surface area contributed by atoms with E-state index >= 15 is 0 Å². The molecule has 0 aliphatic carbocycles. The first-order valence-electron chi connectivity index (χ1n) is 5.44. The molecule has 0 spiro atoms. The predicted molar refractivity (Wildman–Crippen MR) is 65.2 cm³/mol. The van der Waals surface area contributed by atoms with Crippen molar-refractivity contribution >= 4 is 17.3 Å². The summed E-state index contributed by atoms with van der Waals surface area (Å²) < 4.78 is 40.3. The van der Waals surface area contributed by atoms with Crippen molar-refractivity contribution in [1.82, 2.24) is 4.98 Å². The number of rotatable bonds is 3. The molecule has 0 aliphatic rings. The second-order valence-electron chi connectivity index (χ2n) is 3.85. The number of carbonyl (C=O) groups is 1. The number of aromatic nitrogens is 1. The van der Waals surface area contributed by atoms with Gasteiger partial charge in [0.25, 0.3) is 5.91 Å². The van der Waals surface area contributed by atoms with Crippen LogP contribution < -0.4 is 5.32 Å². The van der Waals surface area contributed by atoms with Gasteiger partial charge in [-0.15, -0.1) is 0 Å². The summed E-state index contributed by atoms with van der Waals surface area (Å²) in [6.07, 6.45) is 2.01. The smallest absolute Gasteiger partial charge is 0.307 e. The van der Waals surface area contributed by atoms with Crippen molar-refractivity contribution < 1.29 is 22.9 Å². The van der Waals surface area contributed by atoms with Crippen LogP contribution >= 0.6 is 0 Å². The molecule has 0 radical (unpaired) electrons. The third-order valence-electron chi connectivity index (χ3n) is 2.50. The van der Waals surface area contributed by atoms with Gasteiger partial charge in [0.05, 0.1) is 28.4 Å². The van der Waals surface area contributed by atoms with E-state index in [1.165, 1.54) is 6.20 Å². The van der Waals surface area contributed by atoms with Gasteiger partial charge in [-0.25, -0.2) is 8.78 Å². The van der Waals surface area contributed by atoms with E-state index in [0.29, 0.717) is 6.07 Å². The molecule has 1 aromatic carbocycles. The molecule has 1 heterocycles. The van der Waals surface area contributed by atoms with Crippen LogP contribution in [0.1, 0.15) is 10.4 Å². The van der Waals surface area contributed by atoms with Crippen LogP contribution in [0, 0.1) is 27.6 Å². The number of halogens is 3. The summed E-state index contributed by atoms with van der Waals surface area (Å²) in [5.74, 6) is -4.68. The van der Waals surface area contributed by atoms with Gasteiger partial charge in [0, 0.05) is 6.20 Å². The molecule has 0 bridgehead atoms. The Morgan fingerprint density at radius 2 is 1.90 bits per heavy atom. The second-order valence-corrected chi connectivity index (χ2v) is 3.85. The summed E-state index contributed by atoms with van der Waals surface area (Å²) in [5, 5.41) is 12.4. The van der Waals surface area contributed by atoms with Crippen LogP contribution in [0.3, 0.4) is 0 Å². The maximum Gasteiger partial charge on any atom is 0.307 e. The molecule has 2 rings (SSSR count). The molecule has 2 aromatic rings. The van der Waals surface area contributed by atoms with Crippen molar-refractivity contribution in [2.24, 2.45) is 0 Å².